The Morgan fingerprint density at radius 2 is 1.90 bits per heavy atom. The second kappa shape index (κ2) is 8.85. The van der Waals surface area contributed by atoms with Crippen molar-refractivity contribution in [3.63, 3.8) is 0 Å². The van der Waals surface area contributed by atoms with Crippen LogP contribution in [0.1, 0.15) is 46.1 Å². The van der Waals surface area contributed by atoms with Gasteiger partial charge in [-0.25, -0.2) is 0 Å². The number of nitrogens with one attached hydrogen (secondary N) is 1. The molecular formula is C17H29NO2. The molecule has 0 aliphatic rings. The molecule has 1 atom stereocenters. The molecule has 0 fully saturated rings. The normalized spacial score (nSPS) is 12.5. The summed E-state index contributed by atoms with van der Waals surface area (Å²) in [5.74, 6) is 2.43. The third-order valence-corrected chi connectivity index (χ3v) is 3.38. The van der Waals surface area contributed by atoms with Crippen LogP contribution in [0.2, 0.25) is 0 Å². The standard InChI is InChI=1S/C17H29NO2/c1-6-20-16-9-7-8-15(17(16)19-5)12-18-14(4)11-10-13(2)3/h7-9,13-14,18H,6,10-12H2,1-5H3. The van der Waals surface area contributed by atoms with Gasteiger partial charge in [-0.2, -0.15) is 0 Å². The number of ether oxygens (including phenoxy) is 2. The Kier molecular flexibility index (Phi) is 7.45. The minimum absolute atomic E-state index is 0.512. The van der Waals surface area contributed by atoms with E-state index in [1.165, 1.54) is 12.8 Å². The Balaban J connectivity index is 2.60. The third kappa shape index (κ3) is 5.41. The van der Waals surface area contributed by atoms with Crippen molar-refractivity contribution in [2.75, 3.05) is 13.7 Å². The van der Waals surface area contributed by atoms with E-state index in [4.69, 9.17) is 9.47 Å². The zero-order chi connectivity index (χ0) is 15.0. The largest absolute Gasteiger partial charge is 0.493 e. The van der Waals surface area contributed by atoms with Crippen molar-refractivity contribution in [1.29, 1.82) is 0 Å². The van der Waals surface area contributed by atoms with Crippen LogP contribution in [0, 0.1) is 5.92 Å². The van der Waals surface area contributed by atoms with Crippen LogP contribution in [0.25, 0.3) is 0 Å². The maximum atomic E-state index is 5.60. The summed E-state index contributed by atoms with van der Waals surface area (Å²) in [6, 6.07) is 6.57. The lowest BCUT2D eigenvalue weighted by Crippen LogP contribution is -2.26. The van der Waals surface area contributed by atoms with Crippen LogP contribution in [0.3, 0.4) is 0 Å². The highest BCUT2D eigenvalue weighted by Crippen LogP contribution is 2.31. The molecule has 0 spiro atoms. The summed E-state index contributed by atoms with van der Waals surface area (Å²) >= 11 is 0. The lowest BCUT2D eigenvalue weighted by molar-refractivity contribution is 0.308. The maximum absolute atomic E-state index is 5.60. The van der Waals surface area contributed by atoms with Crippen molar-refractivity contribution in [3.05, 3.63) is 23.8 Å². The molecule has 1 rings (SSSR count). The van der Waals surface area contributed by atoms with Crippen molar-refractivity contribution in [3.8, 4) is 11.5 Å². The van der Waals surface area contributed by atoms with Gasteiger partial charge in [0.1, 0.15) is 0 Å². The second-order valence-electron chi connectivity index (χ2n) is 5.63. The quantitative estimate of drug-likeness (QED) is 0.741. The summed E-state index contributed by atoms with van der Waals surface area (Å²) in [5, 5.41) is 3.56. The van der Waals surface area contributed by atoms with E-state index in [2.05, 4.69) is 32.2 Å². The minimum Gasteiger partial charge on any atom is -0.493 e. The predicted molar refractivity (Wildman–Crippen MR) is 84.5 cm³/mol. The Morgan fingerprint density at radius 1 is 1.15 bits per heavy atom. The van der Waals surface area contributed by atoms with Gasteiger partial charge in [0.05, 0.1) is 13.7 Å². The van der Waals surface area contributed by atoms with Crippen LogP contribution in [-0.2, 0) is 6.54 Å². The maximum Gasteiger partial charge on any atom is 0.165 e. The van der Waals surface area contributed by atoms with Gasteiger partial charge in [-0.15, -0.1) is 0 Å². The van der Waals surface area contributed by atoms with Crippen LogP contribution >= 0.6 is 0 Å². The molecule has 1 aromatic carbocycles. The van der Waals surface area contributed by atoms with Crippen LogP contribution in [0.15, 0.2) is 18.2 Å². The van der Waals surface area contributed by atoms with Gasteiger partial charge in [-0.1, -0.05) is 26.0 Å². The van der Waals surface area contributed by atoms with E-state index in [1.807, 2.05) is 19.1 Å². The molecule has 0 radical (unpaired) electrons. The van der Waals surface area contributed by atoms with Gasteiger partial charge >= 0.3 is 0 Å². The van der Waals surface area contributed by atoms with Crippen LogP contribution in [0.4, 0.5) is 0 Å². The summed E-state index contributed by atoms with van der Waals surface area (Å²) in [6.45, 7) is 10.2. The van der Waals surface area contributed by atoms with E-state index in [0.29, 0.717) is 12.6 Å². The molecule has 20 heavy (non-hydrogen) atoms. The average molecular weight is 279 g/mol. The fraction of sp³-hybridized carbons (Fsp3) is 0.647. The molecule has 1 N–H and O–H groups in total. The molecule has 0 amide bonds. The molecule has 3 heteroatoms. The summed E-state index contributed by atoms with van der Waals surface area (Å²) in [6.07, 6.45) is 2.45. The van der Waals surface area contributed by atoms with Crippen molar-refractivity contribution in [2.24, 2.45) is 5.92 Å². The van der Waals surface area contributed by atoms with Crippen LogP contribution in [0.5, 0.6) is 11.5 Å². The highest BCUT2D eigenvalue weighted by molar-refractivity contribution is 5.46. The molecule has 0 aliphatic heterocycles. The fourth-order valence-electron chi connectivity index (χ4n) is 2.17. The van der Waals surface area contributed by atoms with Gasteiger partial charge in [0.2, 0.25) is 0 Å². The Hall–Kier alpha value is -1.22. The average Bonchev–Trinajstić information content (AvgIpc) is 2.43. The first kappa shape index (κ1) is 16.8. The third-order valence-electron chi connectivity index (χ3n) is 3.38. The first-order valence-corrected chi connectivity index (χ1v) is 7.60. The van der Waals surface area contributed by atoms with Gasteiger partial charge in [0, 0.05) is 18.2 Å². The predicted octanol–water partition coefficient (Wildman–Crippen LogP) is 4.01. The molecule has 0 heterocycles. The molecular weight excluding hydrogens is 250 g/mol. The van der Waals surface area contributed by atoms with Crippen molar-refractivity contribution < 1.29 is 9.47 Å². The van der Waals surface area contributed by atoms with E-state index >= 15 is 0 Å². The SMILES string of the molecule is CCOc1cccc(CNC(C)CCC(C)C)c1OC. The summed E-state index contributed by atoms with van der Waals surface area (Å²) in [7, 11) is 1.70. The number of para-hydroxylation sites is 1. The van der Waals surface area contributed by atoms with Crippen molar-refractivity contribution in [1.82, 2.24) is 5.32 Å². The second-order valence-corrected chi connectivity index (χ2v) is 5.63. The number of rotatable bonds is 9. The van der Waals surface area contributed by atoms with Gasteiger partial charge < -0.3 is 14.8 Å². The molecule has 0 aromatic heterocycles. The van der Waals surface area contributed by atoms with E-state index in [9.17, 15) is 0 Å². The lowest BCUT2D eigenvalue weighted by atomic mass is 10.0. The van der Waals surface area contributed by atoms with Crippen LogP contribution < -0.4 is 14.8 Å². The Bertz CT molecular complexity index is 391. The van der Waals surface area contributed by atoms with E-state index in [1.54, 1.807) is 7.11 Å². The van der Waals surface area contributed by atoms with Gasteiger partial charge in [-0.05, 0) is 38.7 Å². The van der Waals surface area contributed by atoms with E-state index in [-0.39, 0.29) is 0 Å². The summed E-state index contributed by atoms with van der Waals surface area (Å²) in [5.41, 5.74) is 1.15. The van der Waals surface area contributed by atoms with Gasteiger partial charge in [0.15, 0.2) is 11.5 Å². The highest BCUT2D eigenvalue weighted by atomic mass is 16.5. The smallest absolute Gasteiger partial charge is 0.165 e. The number of hydrogen-bond acceptors (Lipinski definition) is 3. The van der Waals surface area contributed by atoms with E-state index < -0.39 is 0 Å². The molecule has 1 unspecified atom stereocenters. The molecule has 0 saturated heterocycles. The van der Waals surface area contributed by atoms with Crippen molar-refractivity contribution >= 4 is 0 Å². The molecule has 0 bridgehead atoms. The minimum atomic E-state index is 0.512. The molecule has 1 aromatic rings. The first-order valence-electron chi connectivity index (χ1n) is 7.60. The van der Waals surface area contributed by atoms with Gasteiger partial charge in [-0.3, -0.25) is 0 Å². The zero-order valence-electron chi connectivity index (χ0n) is 13.5. The first-order chi connectivity index (χ1) is 9.58. The number of hydrogen-bond donors (Lipinski definition) is 1. The molecule has 3 nitrogen and oxygen atoms in total. The van der Waals surface area contributed by atoms with Gasteiger partial charge in [0.25, 0.3) is 0 Å². The van der Waals surface area contributed by atoms with Crippen LogP contribution in [-0.4, -0.2) is 19.8 Å². The van der Waals surface area contributed by atoms with Crippen molar-refractivity contribution in [2.45, 2.75) is 53.1 Å². The number of methoxy groups -OCH3 is 1. The summed E-state index contributed by atoms with van der Waals surface area (Å²) in [4.78, 5) is 0. The Morgan fingerprint density at radius 3 is 2.50 bits per heavy atom. The molecule has 114 valence electrons. The topological polar surface area (TPSA) is 30.5 Å². The van der Waals surface area contributed by atoms with E-state index in [0.717, 1.165) is 29.5 Å². The lowest BCUT2D eigenvalue weighted by Gasteiger charge is -2.18. The number of benzene rings is 1. The summed E-state index contributed by atoms with van der Waals surface area (Å²) < 4.78 is 11.1. The monoisotopic (exact) mass is 279 g/mol. The Labute approximate surface area is 123 Å². The molecule has 0 aliphatic carbocycles. The fourth-order valence-corrected chi connectivity index (χ4v) is 2.17. The highest BCUT2D eigenvalue weighted by Gasteiger charge is 2.11. The zero-order valence-corrected chi connectivity index (χ0v) is 13.5. The molecule has 0 saturated carbocycles.